The molecule has 0 spiro atoms. The predicted molar refractivity (Wildman–Crippen MR) is 114 cm³/mol. The molecule has 0 aromatic heterocycles. The highest BCUT2D eigenvalue weighted by Crippen LogP contribution is 2.33. The summed E-state index contributed by atoms with van der Waals surface area (Å²) in [7, 11) is -3.46. The van der Waals surface area contributed by atoms with E-state index in [0.29, 0.717) is 49.1 Å². The summed E-state index contributed by atoms with van der Waals surface area (Å²) in [4.78, 5) is 24.0. The van der Waals surface area contributed by atoms with E-state index < -0.39 is 16.1 Å². The largest absolute Gasteiger partial charge is 0.492 e. The molecular weight excluding hydrogens is 430 g/mol. The fourth-order valence-electron chi connectivity index (χ4n) is 3.22. The lowest BCUT2D eigenvalue weighted by Gasteiger charge is -2.17. The molecule has 3 rings (SSSR count). The maximum Gasteiger partial charge on any atom is 0.324 e. The number of imide groups is 1. The Morgan fingerprint density at radius 1 is 1.27 bits per heavy atom. The average Bonchev–Trinajstić information content (AvgIpc) is 3.44. The highest BCUT2D eigenvalue weighted by Gasteiger charge is 2.26. The van der Waals surface area contributed by atoms with Gasteiger partial charge < -0.3 is 9.64 Å². The highest BCUT2D eigenvalue weighted by molar-refractivity contribution is 7.89. The van der Waals surface area contributed by atoms with Crippen LogP contribution >= 0.6 is 11.6 Å². The number of hydrogen-bond acceptors (Lipinski definition) is 5. The van der Waals surface area contributed by atoms with Gasteiger partial charge in [-0.15, -0.1) is 0 Å². The summed E-state index contributed by atoms with van der Waals surface area (Å²) in [6, 6.07) is 4.52. The topological polar surface area (TPSA) is 105 Å². The molecule has 1 heterocycles. The van der Waals surface area contributed by atoms with Gasteiger partial charge in [-0.25, -0.2) is 17.9 Å². The second-order valence-electron chi connectivity index (χ2n) is 7.94. The predicted octanol–water partition coefficient (Wildman–Crippen LogP) is 2.83. The third-order valence-corrected chi connectivity index (χ3v) is 7.04. The van der Waals surface area contributed by atoms with E-state index >= 15 is 0 Å². The molecule has 1 saturated carbocycles. The molecule has 0 unspecified atom stereocenters. The number of sulfonamides is 1. The summed E-state index contributed by atoms with van der Waals surface area (Å²) in [5.41, 5.74) is 0.790. The summed E-state index contributed by atoms with van der Waals surface area (Å²) in [5, 5.41) is 2.73. The van der Waals surface area contributed by atoms with Crippen LogP contribution < -0.4 is 14.8 Å². The third kappa shape index (κ3) is 6.85. The number of urea groups is 1. The number of carbonyl (C=O) groups is 2. The van der Waals surface area contributed by atoms with Crippen LogP contribution in [0.25, 0.3) is 0 Å². The molecule has 1 saturated heterocycles. The van der Waals surface area contributed by atoms with Crippen LogP contribution in [0.15, 0.2) is 18.2 Å². The molecule has 0 bridgehead atoms. The molecule has 1 aromatic carbocycles. The number of unbranched alkanes of at least 4 members (excludes halogenated alkanes) is 2. The van der Waals surface area contributed by atoms with E-state index in [2.05, 4.69) is 10.0 Å². The second kappa shape index (κ2) is 9.98. The van der Waals surface area contributed by atoms with Crippen molar-refractivity contribution in [1.82, 2.24) is 14.9 Å². The lowest BCUT2D eigenvalue weighted by atomic mass is 10.1. The van der Waals surface area contributed by atoms with E-state index in [1.165, 1.54) is 17.7 Å². The number of halogens is 1. The summed E-state index contributed by atoms with van der Waals surface area (Å²) < 4.78 is 33.3. The van der Waals surface area contributed by atoms with Crippen LogP contribution in [0.5, 0.6) is 5.75 Å². The van der Waals surface area contributed by atoms with Crippen molar-refractivity contribution in [1.29, 1.82) is 0 Å². The first-order valence-corrected chi connectivity index (χ1v) is 12.3. The van der Waals surface area contributed by atoms with Gasteiger partial charge in [0, 0.05) is 12.6 Å². The zero-order chi connectivity index (χ0) is 21.7. The number of nitrogens with zero attached hydrogens (tertiary/aromatic N) is 1. The smallest absolute Gasteiger partial charge is 0.324 e. The van der Waals surface area contributed by atoms with Crippen LogP contribution in [0.3, 0.4) is 0 Å². The minimum Gasteiger partial charge on any atom is -0.492 e. The van der Waals surface area contributed by atoms with Crippen molar-refractivity contribution < 1.29 is 22.7 Å². The fourth-order valence-corrected chi connectivity index (χ4v) is 4.77. The lowest BCUT2D eigenvalue weighted by Crippen LogP contribution is -2.30. The van der Waals surface area contributed by atoms with Gasteiger partial charge in [0.05, 0.1) is 17.4 Å². The van der Waals surface area contributed by atoms with Gasteiger partial charge in [-0.05, 0) is 56.2 Å². The molecule has 10 heteroatoms. The van der Waals surface area contributed by atoms with Crippen LogP contribution in [-0.4, -0.2) is 50.7 Å². The van der Waals surface area contributed by atoms with Crippen molar-refractivity contribution in [2.45, 2.75) is 45.1 Å². The fraction of sp³-hybridized carbons (Fsp3) is 0.600. The molecule has 1 aliphatic carbocycles. The van der Waals surface area contributed by atoms with E-state index in [1.807, 2.05) is 0 Å². The Balaban J connectivity index is 1.42. The molecule has 1 aromatic rings. The first kappa shape index (κ1) is 22.8. The Kier molecular flexibility index (Phi) is 7.60. The number of amides is 3. The zero-order valence-corrected chi connectivity index (χ0v) is 18.6. The Hall–Kier alpha value is -1.84. The van der Waals surface area contributed by atoms with Crippen LogP contribution in [-0.2, 0) is 14.8 Å². The first-order valence-electron chi connectivity index (χ1n) is 10.2. The van der Waals surface area contributed by atoms with Crippen molar-refractivity contribution in [3.63, 3.8) is 0 Å². The van der Waals surface area contributed by atoms with Gasteiger partial charge in [0.2, 0.25) is 15.9 Å². The van der Waals surface area contributed by atoms with Gasteiger partial charge in [0.15, 0.2) is 0 Å². The van der Waals surface area contributed by atoms with Crippen LogP contribution in [0.1, 0.15) is 50.6 Å². The maximum absolute atomic E-state index is 12.4. The number of ether oxygens (including phenoxy) is 1. The average molecular weight is 458 g/mol. The number of hydrogen-bond donors (Lipinski definition) is 2. The molecule has 166 valence electrons. The van der Waals surface area contributed by atoms with E-state index in [1.54, 1.807) is 25.1 Å². The van der Waals surface area contributed by atoms with Gasteiger partial charge in [0.25, 0.3) is 0 Å². The minimum atomic E-state index is -3.46. The van der Waals surface area contributed by atoms with Gasteiger partial charge in [-0.3, -0.25) is 10.1 Å². The normalized spacial score (nSPS) is 17.9. The molecule has 8 nitrogen and oxygen atoms in total. The molecule has 3 amide bonds. The Labute approximate surface area is 182 Å². The first-order chi connectivity index (χ1) is 14.2. The third-order valence-electron chi connectivity index (χ3n) is 5.19. The number of nitrogens with one attached hydrogen (secondary N) is 2. The Morgan fingerprint density at radius 3 is 2.70 bits per heavy atom. The molecule has 1 aliphatic heterocycles. The van der Waals surface area contributed by atoms with Crippen LogP contribution in [0.2, 0.25) is 5.02 Å². The van der Waals surface area contributed by atoms with Gasteiger partial charge >= 0.3 is 6.03 Å². The zero-order valence-electron chi connectivity index (χ0n) is 17.0. The number of carbonyl (C=O) groups excluding carboxylic acids is 2. The van der Waals surface area contributed by atoms with Crippen molar-refractivity contribution in [2.24, 2.45) is 5.92 Å². The van der Waals surface area contributed by atoms with Gasteiger partial charge in [-0.1, -0.05) is 24.1 Å². The van der Waals surface area contributed by atoms with Crippen molar-refractivity contribution in [2.75, 3.05) is 25.4 Å². The van der Waals surface area contributed by atoms with E-state index in [-0.39, 0.29) is 24.2 Å². The van der Waals surface area contributed by atoms with Crippen LogP contribution in [0, 0.1) is 5.92 Å². The summed E-state index contributed by atoms with van der Waals surface area (Å²) >= 11 is 6.19. The van der Waals surface area contributed by atoms with Crippen LogP contribution in [0.4, 0.5) is 4.79 Å². The second-order valence-corrected chi connectivity index (χ2v) is 10.2. The molecular formula is C20H28ClN3O5S. The molecule has 2 fully saturated rings. The van der Waals surface area contributed by atoms with E-state index in [0.717, 1.165) is 5.56 Å². The summed E-state index contributed by atoms with van der Waals surface area (Å²) in [6.07, 6.45) is 4.12. The number of benzene rings is 1. The monoisotopic (exact) mass is 457 g/mol. The standard InChI is InChI=1S/C20H28ClN3O5S/c1-14(16-7-8-17(21)18(11-16)29-13-15-5-6-15)23-30(27,28)10-4-2-3-9-24-12-19(25)22-20(24)26/h7-8,11,14-15,23H,2-6,9-10,12-13H2,1H3,(H,22,25,26)/t14-/m0/s1. The van der Waals surface area contributed by atoms with Gasteiger partial charge in [0.1, 0.15) is 12.3 Å². The van der Waals surface area contributed by atoms with Crippen molar-refractivity contribution in [3.05, 3.63) is 28.8 Å². The molecule has 2 aliphatic rings. The van der Waals surface area contributed by atoms with Crippen molar-refractivity contribution >= 4 is 33.6 Å². The van der Waals surface area contributed by atoms with Gasteiger partial charge in [-0.2, -0.15) is 0 Å². The Bertz CT molecular complexity index is 888. The molecule has 30 heavy (non-hydrogen) atoms. The SMILES string of the molecule is C[C@H](NS(=O)(=O)CCCCCN1CC(=O)NC1=O)c1ccc(Cl)c(OCC2CC2)c1. The highest BCUT2D eigenvalue weighted by atomic mass is 35.5. The number of rotatable bonds is 12. The Morgan fingerprint density at radius 2 is 2.03 bits per heavy atom. The summed E-state index contributed by atoms with van der Waals surface area (Å²) in [6.45, 7) is 2.94. The quantitative estimate of drug-likeness (QED) is 0.371. The molecule has 1 atom stereocenters. The molecule has 0 radical (unpaired) electrons. The summed E-state index contributed by atoms with van der Waals surface area (Å²) in [5.74, 6) is 0.878. The van der Waals surface area contributed by atoms with Crippen molar-refractivity contribution in [3.8, 4) is 5.75 Å². The maximum atomic E-state index is 12.4. The molecule has 2 N–H and O–H groups in total. The van der Waals surface area contributed by atoms with E-state index in [4.69, 9.17) is 16.3 Å². The van der Waals surface area contributed by atoms with E-state index in [9.17, 15) is 18.0 Å². The minimum absolute atomic E-state index is 0.00109. The lowest BCUT2D eigenvalue weighted by molar-refractivity contribution is -0.118.